The second kappa shape index (κ2) is 5.85. The van der Waals surface area contributed by atoms with E-state index in [9.17, 15) is 4.79 Å². The number of piperidine rings is 1. The van der Waals surface area contributed by atoms with Crippen LogP contribution in [0, 0.1) is 5.92 Å². The zero-order chi connectivity index (χ0) is 11.3. The maximum Gasteiger partial charge on any atom is 0.232 e. The maximum atomic E-state index is 11.6. The molecule has 1 heterocycles. The van der Waals surface area contributed by atoms with E-state index in [1.54, 1.807) is 4.90 Å². The number of hydrogen-bond donors (Lipinski definition) is 2. The van der Waals surface area contributed by atoms with Gasteiger partial charge in [0.2, 0.25) is 5.91 Å². The van der Waals surface area contributed by atoms with Gasteiger partial charge in [-0.15, -0.1) is 0 Å². The molecule has 5 nitrogen and oxygen atoms in total. The lowest BCUT2D eigenvalue weighted by Crippen LogP contribution is -2.44. The summed E-state index contributed by atoms with van der Waals surface area (Å²) >= 11 is 1.52. The van der Waals surface area contributed by atoms with Crippen molar-refractivity contribution in [2.45, 2.75) is 12.8 Å². The van der Waals surface area contributed by atoms with E-state index in [1.807, 2.05) is 6.26 Å². The van der Waals surface area contributed by atoms with Crippen LogP contribution in [0.15, 0.2) is 5.16 Å². The van der Waals surface area contributed by atoms with Crippen molar-refractivity contribution in [3.05, 3.63) is 0 Å². The van der Waals surface area contributed by atoms with Crippen molar-refractivity contribution in [3.63, 3.8) is 0 Å². The summed E-state index contributed by atoms with van der Waals surface area (Å²) in [6.07, 6.45) is 3.71. The Morgan fingerprint density at radius 3 is 3.07 bits per heavy atom. The molecule has 1 unspecified atom stereocenters. The van der Waals surface area contributed by atoms with Crippen molar-refractivity contribution in [3.8, 4) is 0 Å². The maximum absolute atomic E-state index is 11.6. The van der Waals surface area contributed by atoms with Gasteiger partial charge in [-0.2, -0.15) is 11.8 Å². The van der Waals surface area contributed by atoms with E-state index in [2.05, 4.69) is 5.16 Å². The second-order valence-electron chi connectivity index (χ2n) is 3.64. The molecule has 0 radical (unpaired) electrons. The van der Waals surface area contributed by atoms with Crippen molar-refractivity contribution in [2.75, 3.05) is 25.1 Å². The number of thioether (sulfide) groups is 1. The minimum absolute atomic E-state index is 0.00885. The molecular formula is C9H17N3O2S. The predicted molar refractivity (Wildman–Crippen MR) is 61.1 cm³/mol. The standard InChI is InChI=1S/C9H17N3O2S/c1-15-6-8(13)12-4-2-3-7(5-12)9(10)11-14/h7,14H,2-6H2,1H3,(H2,10,11). The molecule has 0 spiro atoms. The first kappa shape index (κ1) is 12.2. The molecule has 1 atom stereocenters. The number of carbonyl (C=O) groups is 1. The summed E-state index contributed by atoms with van der Waals surface area (Å²) in [6.45, 7) is 1.36. The van der Waals surface area contributed by atoms with Crippen LogP contribution in [0.4, 0.5) is 0 Å². The van der Waals surface area contributed by atoms with Crippen LogP contribution in [0.5, 0.6) is 0 Å². The number of hydrogen-bond acceptors (Lipinski definition) is 4. The Kier molecular flexibility index (Phi) is 4.74. The molecule has 1 aliphatic heterocycles. The van der Waals surface area contributed by atoms with Crippen LogP contribution in [-0.4, -0.2) is 46.9 Å². The molecule has 0 aromatic heterocycles. The number of oxime groups is 1. The molecule has 0 bridgehead atoms. The summed E-state index contributed by atoms with van der Waals surface area (Å²) in [5, 5.41) is 11.6. The lowest BCUT2D eigenvalue weighted by atomic mass is 9.97. The molecular weight excluding hydrogens is 214 g/mol. The SMILES string of the molecule is CSCC(=O)N1CCCC(C(N)=NO)C1. The van der Waals surface area contributed by atoms with E-state index in [1.165, 1.54) is 11.8 Å². The molecule has 1 aliphatic rings. The monoisotopic (exact) mass is 231 g/mol. The largest absolute Gasteiger partial charge is 0.409 e. The number of likely N-dealkylation sites (tertiary alicyclic amines) is 1. The van der Waals surface area contributed by atoms with Gasteiger partial charge in [-0.05, 0) is 19.1 Å². The first-order valence-corrected chi connectivity index (χ1v) is 6.32. The molecule has 0 aliphatic carbocycles. The van der Waals surface area contributed by atoms with Crippen molar-refractivity contribution >= 4 is 23.5 Å². The number of nitrogens with zero attached hydrogens (tertiary/aromatic N) is 2. The van der Waals surface area contributed by atoms with Gasteiger partial charge in [0.15, 0.2) is 0 Å². The average Bonchev–Trinajstić information content (AvgIpc) is 2.28. The van der Waals surface area contributed by atoms with E-state index < -0.39 is 0 Å². The van der Waals surface area contributed by atoms with Crippen LogP contribution in [0.1, 0.15) is 12.8 Å². The number of rotatable bonds is 3. The molecule has 15 heavy (non-hydrogen) atoms. The molecule has 1 fully saturated rings. The number of nitrogens with two attached hydrogens (primary N) is 1. The fourth-order valence-electron chi connectivity index (χ4n) is 1.74. The highest BCUT2D eigenvalue weighted by atomic mass is 32.2. The van der Waals surface area contributed by atoms with Gasteiger partial charge in [0, 0.05) is 19.0 Å². The van der Waals surface area contributed by atoms with Gasteiger partial charge in [0.1, 0.15) is 5.84 Å². The zero-order valence-electron chi connectivity index (χ0n) is 8.85. The van der Waals surface area contributed by atoms with Crippen LogP contribution in [0.25, 0.3) is 0 Å². The van der Waals surface area contributed by atoms with Gasteiger partial charge in [-0.1, -0.05) is 5.16 Å². The molecule has 0 aromatic carbocycles. The molecule has 86 valence electrons. The quantitative estimate of drug-likeness (QED) is 0.317. The van der Waals surface area contributed by atoms with Crippen LogP contribution in [0.3, 0.4) is 0 Å². The molecule has 0 aromatic rings. The van der Waals surface area contributed by atoms with Crippen molar-refractivity contribution in [2.24, 2.45) is 16.8 Å². The third kappa shape index (κ3) is 3.30. The summed E-state index contributed by atoms with van der Waals surface area (Å²) < 4.78 is 0. The fraction of sp³-hybridized carbons (Fsp3) is 0.778. The van der Waals surface area contributed by atoms with Crippen molar-refractivity contribution < 1.29 is 10.0 Å². The third-order valence-corrected chi connectivity index (χ3v) is 3.11. The van der Waals surface area contributed by atoms with Gasteiger partial charge in [-0.3, -0.25) is 4.79 Å². The summed E-state index contributed by atoms with van der Waals surface area (Å²) in [5.74, 6) is 0.882. The minimum atomic E-state index is 0.00885. The van der Waals surface area contributed by atoms with E-state index in [0.717, 1.165) is 19.4 Å². The van der Waals surface area contributed by atoms with Gasteiger partial charge in [0.05, 0.1) is 5.75 Å². The first-order valence-electron chi connectivity index (χ1n) is 4.93. The van der Waals surface area contributed by atoms with Crippen LogP contribution in [0.2, 0.25) is 0 Å². The average molecular weight is 231 g/mol. The zero-order valence-corrected chi connectivity index (χ0v) is 9.66. The summed E-state index contributed by atoms with van der Waals surface area (Å²) in [5.41, 5.74) is 5.54. The number of carbonyl (C=O) groups excluding carboxylic acids is 1. The van der Waals surface area contributed by atoms with Crippen molar-refractivity contribution in [1.82, 2.24) is 4.90 Å². The molecule has 1 rings (SSSR count). The highest BCUT2D eigenvalue weighted by Gasteiger charge is 2.25. The lowest BCUT2D eigenvalue weighted by Gasteiger charge is -2.31. The Labute approximate surface area is 93.7 Å². The number of amides is 1. The van der Waals surface area contributed by atoms with Gasteiger partial charge in [-0.25, -0.2) is 0 Å². The lowest BCUT2D eigenvalue weighted by molar-refractivity contribution is -0.129. The van der Waals surface area contributed by atoms with Crippen LogP contribution >= 0.6 is 11.8 Å². The molecule has 1 saturated heterocycles. The van der Waals surface area contributed by atoms with Crippen LogP contribution < -0.4 is 5.73 Å². The van der Waals surface area contributed by atoms with Gasteiger partial charge in [0.25, 0.3) is 0 Å². The molecule has 1 amide bonds. The third-order valence-electron chi connectivity index (χ3n) is 2.58. The molecule has 3 N–H and O–H groups in total. The summed E-state index contributed by atoms with van der Waals surface area (Å²) in [4.78, 5) is 13.4. The van der Waals surface area contributed by atoms with Crippen molar-refractivity contribution in [1.29, 1.82) is 0 Å². The van der Waals surface area contributed by atoms with Gasteiger partial charge >= 0.3 is 0 Å². The Bertz CT molecular complexity index is 258. The Balaban J connectivity index is 2.52. The highest BCUT2D eigenvalue weighted by Crippen LogP contribution is 2.17. The topological polar surface area (TPSA) is 78.9 Å². The molecule has 0 saturated carbocycles. The Morgan fingerprint density at radius 2 is 2.47 bits per heavy atom. The normalized spacial score (nSPS) is 22.9. The summed E-state index contributed by atoms with van der Waals surface area (Å²) in [6, 6.07) is 0. The van der Waals surface area contributed by atoms with Crippen LogP contribution in [-0.2, 0) is 4.79 Å². The summed E-state index contributed by atoms with van der Waals surface area (Å²) in [7, 11) is 0. The van der Waals surface area contributed by atoms with Gasteiger partial charge < -0.3 is 15.8 Å². The minimum Gasteiger partial charge on any atom is -0.409 e. The first-order chi connectivity index (χ1) is 7.19. The van der Waals surface area contributed by atoms with E-state index in [4.69, 9.17) is 10.9 Å². The smallest absolute Gasteiger partial charge is 0.232 e. The van der Waals surface area contributed by atoms with E-state index >= 15 is 0 Å². The highest BCUT2D eigenvalue weighted by molar-refractivity contribution is 7.99. The fourth-order valence-corrected chi connectivity index (χ4v) is 2.17. The Hall–Kier alpha value is -0.910. The Morgan fingerprint density at radius 1 is 1.73 bits per heavy atom. The second-order valence-corrected chi connectivity index (χ2v) is 4.50. The predicted octanol–water partition coefficient (Wildman–Crippen LogP) is 0.334. The van der Waals surface area contributed by atoms with E-state index in [-0.39, 0.29) is 17.7 Å². The molecule has 6 heteroatoms. The number of amidine groups is 1. The van der Waals surface area contributed by atoms with E-state index in [0.29, 0.717) is 12.3 Å².